The average molecular weight is 172 g/mol. The van der Waals surface area contributed by atoms with E-state index in [9.17, 15) is 0 Å². The maximum atomic E-state index is 8.80. The zero-order chi connectivity index (χ0) is 8.55. The van der Waals surface area contributed by atoms with E-state index in [1.54, 1.807) is 0 Å². The molecule has 2 heterocycles. The molecule has 4 nitrogen and oxygen atoms in total. The van der Waals surface area contributed by atoms with E-state index < -0.39 is 0 Å². The summed E-state index contributed by atoms with van der Waals surface area (Å²) in [5.74, 6) is 0. The van der Waals surface area contributed by atoms with Gasteiger partial charge in [-0.05, 0) is 7.05 Å². The second kappa shape index (κ2) is 3.30. The van der Waals surface area contributed by atoms with Crippen molar-refractivity contribution in [2.45, 2.75) is 12.3 Å². The minimum absolute atomic E-state index is 0.0911. The number of nitrogens with zero attached hydrogens (tertiary/aromatic N) is 2. The first-order chi connectivity index (χ1) is 5.81. The highest BCUT2D eigenvalue weighted by Gasteiger charge is 2.43. The molecule has 0 aromatic heterocycles. The highest BCUT2D eigenvalue weighted by Crippen LogP contribution is 2.25. The van der Waals surface area contributed by atoms with Crippen molar-refractivity contribution in [3.05, 3.63) is 0 Å². The summed E-state index contributed by atoms with van der Waals surface area (Å²) in [5.41, 5.74) is 0. The van der Waals surface area contributed by atoms with E-state index in [1.165, 1.54) is 0 Å². The predicted molar refractivity (Wildman–Crippen MR) is 44.8 cm³/mol. The lowest BCUT2D eigenvalue weighted by molar-refractivity contribution is 0.105. The molecule has 2 aliphatic heterocycles. The van der Waals surface area contributed by atoms with Gasteiger partial charge >= 0.3 is 0 Å². The molecule has 0 amide bonds. The Morgan fingerprint density at radius 3 is 2.50 bits per heavy atom. The van der Waals surface area contributed by atoms with E-state index in [4.69, 9.17) is 9.84 Å². The fourth-order valence-corrected chi connectivity index (χ4v) is 1.66. The van der Waals surface area contributed by atoms with Crippen LogP contribution in [0.4, 0.5) is 0 Å². The third-order valence-electron chi connectivity index (χ3n) is 2.63. The molecule has 2 atom stereocenters. The number of likely N-dealkylation sites (N-methyl/N-ethyl adjacent to an activating group) is 1. The minimum Gasteiger partial charge on any atom is -0.394 e. The molecule has 0 saturated carbocycles. The zero-order valence-corrected chi connectivity index (χ0v) is 7.44. The van der Waals surface area contributed by atoms with Crippen molar-refractivity contribution < 1.29 is 9.84 Å². The third kappa shape index (κ3) is 1.61. The van der Waals surface area contributed by atoms with Crippen LogP contribution in [0.25, 0.3) is 0 Å². The Balaban J connectivity index is 1.76. The Hall–Kier alpha value is -0.160. The van der Waals surface area contributed by atoms with Crippen LogP contribution in [0.2, 0.25) is 0 Å². The smallest absolute Gasteiger partial charge is 0.140 e. The molecule has 4 heteroatoms. The van der Waals surface area contributed by atoms with Crippen LogP contribution in [-0.2, 0) is 4.74 Å². The number of hydrogen-bond donors (Lipinski definition) is 1. The first-order valence-corrected chi connectivity index (χ1v) is 4.50. The number of hydrogen-bond acceptors (Lipinski definition) is 4. The number of ether oxygens (including phenoxy) is 1. The lowest BCUT2D eigenvalue weighted by Crippen LogP contribution is -2.46. The van der Waals surface area contributed by atoms with Crippen LogP contribution in [0.15, 0.2) is 0 Å². The van der Waals surface area contributed by atoms with Crippen molar-refractivity contribution in [3.8, 4) is 0 Å². The van der Waals surface area contributed by atoms with Gasteiger partial charge in [-0.25, -0.2) is 0 Å². The summed E-state index contributed by atoms with van der Waals surface area (Å²) >= 11 is 0. The van der Waals surface area contributed by atoms with E-state index >= 15 is 0 Å². The molecule has 0 aromatic rings. The highest BCUT2D eigenvalue weighted by atomic mass is 16.6. The first kappa shape index (κ1) is 8.44. The fourth-order valence-electron chi connectivity index (χ4n) is 1.66. The maximum absolute atomic E-state index is 8.80. The number of piperazine rings is 1. The van der Waals surface area contributed by atoms with Gasteiger partial charge in [0.2, 0.25) is 0 Å². The number of rotatable bonds is 2. The molecule has 12 heavy (non-hydrogen) atoms. The highest BCUT2D eigenvalue weighted by molar-refractivity contribution is 4.86. The van der Waals surface area contributed by atoms with Gasteiger partial charge in [-0.2, -0.15) is 0 Å². The van der Waals surface area contributed by atoms with Gasteiger partial charge in [0, 0.05) is 26.2 Å². The van der Waals surface area contributed by atoms with Crippen molar-refractivity contribution in [3.63, 3.8) is 0 Å². The molecule has 1 N–H and O–H groups in total. The molecular weight excluding hydrogens is 156 g/mol. The van der Waals surface area contributed by atoms with Crippen LogP contribution in [0.5, 0.6) is 0 Å². The summed E-state index contributed by atoms with van der Waals surface area (Å²) in [6.07, 6.45) is 0.303. The quantitative estimate of drug-likeness (QED) is 0.540. The average Bonchev–Trinajstić information content (AvgIpc) is 2.85. The second-order valence-corrected chi connectivity index (χ2v) is 3.59. The molecule has 0 bridgehead atoms. The van der Waals surface area contributed by atoms with Gasteiger partial charge in [0.1, 0.15) is 12.3 Å². The monoisotopic (exact) mass is 172 g/mol. The van der Waals surface area contributed by atoms with Crippen molar-refractivity contribution >= 4 is 0 Å². The van der Waals surface area contributed by atoms with E-state index in [-0.39, 0.29) is 18.9 Å². The summed E-state index contributed by atoms with van der Waals surface area (Å²) in [4.78, 5) is 4.62. The SMILES string of the molecule is CN1CCN(C2OC2CO)CC1. The molecule has 0 spiro atoms. The van der Waals surface area contributed by atoms with Crippen LogP contribution in [0.3, 0.4) is 0 Å². The van der Waals surface area contributed by atoms with Gasteiger partial charge in [0.15, 0.2) is 0 Å². The van der Waals surface area contributed by atoms with Gasteiger partial charge in [0.05, 0.1) is 6.61 Å². The molecule has 0 aromatic carbocycles. The molecule has 2 saturated heterocycles. The van der Waals surface area contributed by atoms with E-state index in [0.717, 1.165) is 26.2 Å². The van der Waals surface area contributed by atoms with Crippen molar-refractivity contribution in [2.24, 2.45) is 0 Å². The maximum Gasteiger partial charge on any atom is 0.140 e. The van der Waals surface area contributed by atoms with Crippen LogP contribution in [0, 0.1) is 0 Å². The molecule has 70 valence electrons. The molecule has 0 aliphatic carbocycles. The number of epoxide rings is 1. The summed E-state index contributed by atoms with van der Waals surface area (Å²) in [7, 11) is 2.13. The molecule has 0 radical (unpaired) electrons. The first-order valence-electron chi connectivity index (χ1n) is 4.50. The lowest BCUT2D eigenvalue weighted by Gasteiger charge is -2.31. The van der Waals surface area contributed by atoms with Crippen LogP contribution >= 0.6 is 0 Å². The van der Waals surface area contributed by atoms with E-state index in [2.05, 4.69) is 16.8 Å². The van der Waals surface area contributed by atoms with E-state index in [0.29, 0.717) is 0 Å². The van der Waals surface area contributed by atoms with E-state index in [1.807, 2.05) is 0 Å². The van der Waals surface area contributed by atoms with Crippen LogP contribution in [0.1, 0.15) is 0 Å². The Kier molecular flexibility index (Phi) is 2.32. The molecular formula is C8H16N2O2. The molecule has 2 fully saturated rings. The van der Waals surface area contributed by atoms with Crippen molar-refractivity contribution in [2.75, 3.05) is 39.8 Å². The fraction of sp³-hybridized carbons (Fsp3) is 1.00. The molecule has 2 rings (SSSR count). The zero-order valence-electron chi connectivity index (χ0n) is 7.44. The summed E-state index contributed by atoms with van der Waals surface area (Å²) in [5, 5.41) is 8.80. The summed E-state index contributed by atoms with van der Waals surface area (Å²) in [6, 6.07) is 0. The molecule has 2 aliphatic rings. The van der Waals surface area contributed by atoms with Gasteiger partial charge in [-0.3, -0.25) is 4.90 Å². The standard InChI is InChI=1S/C8H16N2O2/c1-9-2-4-10(5-3-9)8-7(6-11)12-8/h7-8,11H,2-6H2,1H3. The Bertz CT molecular complexity index is 157. The normalized spacial score (nSPS) is 38.5. The lowest BCUT2D eigenvalue weighted by atomic mass is 10.3. The van der Waals surface area contributed by atoms with Gasteiger partial charge in [-0.15, -0.1) is 0 Å². The topological polar surface area (TPSA) is 39.2 Å². The third-order valence-corrected chi connectivity index (χ3v) is 2.63. The number of aliphatic hydroxyl groups excluding tert-OH is 1. The van der Waals surface area contributed by atoms with Gasteiger partial charge in [-0.1, -0.05) is 0 Å². The Labute approximate surface area is 72.7 Å². The van der Waals surface area contributed by atoms with Crippen LogP contribution < -0.4 is 0 Å². The Morgan fingerprint density at radius 2 is 2.00 bits per heavy atom. The summed E-state index contributed by atoms with van der Waals surface area (Å²) < 4.78 is 5.30. The molecule has 2 unspecified atom stereocenters. The van der Waals surface area contributed by atoms with Gasteiger partial charge < -0.3 is 14.7 Å². The minimum atomic E-state index is 0.0911. The Morgan fingerprint density at radius 1 is 1.33 bits per heavy atom. The predicted octanol–water partition coefficient (Wildman–Crippen LogP) is -1.05. The second-order valence-electron chi connectivity index (χ2n) is 3.59. The number of aliphatic hydroxyl groups is 1. The van der Waals surface area contributed by atoms with Crippen LogP contribution in [-0.4, -0.2) is 67.1 Å². The van der Waals surface area contributed by atoms with Crippen molar-refractivity contribution in [1.29, 1.82) is 0 Å². The van der Waals surface area contributed by atoms with Gasteiger partial charge in [0.25, 0.3) is 0 Å². The van der Waals surface area contributed by atoms with Crippen molar-refractivity contribution in [1.82, 2.24) is 9.80 Å². The summed E-state index contributed by atoms with van der Waals surface area (Å²) in [6.45, 7) is 4.52. The largest absolute Gasteiger partial charge is 0.394 e.